The first-order chi connectivity index (χ1) is 6.79. The van der Waals surface area contributed by atoms with Crippen LogP contribution in [0.15, 0.2) is 0 Å². The normalized spacial score (nSPS) is 41.1. The van der Waals surface area contributed by atoms with Crippen LogP contribution >= 0.6 is 11.8 Å². The summed E-state index contributed by atoms with van der Waals surface area (Å²) in [5.74, 6) is 2.33. The largest absolute Gasteiger partial charge is 0.314 e. The minimum atomic E-state index is -0.672. The summed E-state index contributed by atoms with van der Waals surface area (Å²) < 4.78 is 13.7. The number of hydrogen-bond acceptors (Lipinski definition) is 3. The number of alkyl halides is 1. The van der Waals surface area contributed by atoms with Crippen LogP contribution in [0.2, 0.25) is 0 Å². The first-order valence-corrected chi connectivity index (χ1v) is 6.63. The van der Waals surface area contributed by atoms with Gasteiger partial charge in [-0.15, -0.1) is 0 Å². The van der Waals surface area contributed by atoms with E-state index in [2.05, 4.69) is 17.1 Å². The molecule has 0 amide bonds. The lowest BCUT2D eigenvalue weighted by Crippen LogP contribution is -2.56. The van der Waals surface area contributed by atoms with Crippen molar-refractivity contribution in [3.8, 4) is 0 Å². The van der Waals surface area contributed by atoms with Crippen LogP contribution in [0.25, 0.3) is 0 Å². The Hall–Kier alpha value is 0.200. The van der Waals surface area contributed by atoms with Gasteiger partial charge < -0.3 is 5.32 Å². The quantitative estimate of drug-likeness (QED) is 0.710. The number of piperidine rings is 1. The average molecular weight is 218 g/mol. The van der Waals surface area contributed by atoms with Crippen LogP contribution in [-0.4, -0.2) is 54.3 Å². The molecule has 0 aromatic rings. The van der Waals surface area contributed by atoms with Crippen molar-refractivity contribution >= 4 is 11.8 Å². The minimum absolute atomic E-state index is 0.173. The van der Waals surface area contributed by atoms with Gasteiger partial charge in [0.25, 0.3) is 0 Å². The van der Waals surface area contributed by atoms with Gasteiger partial charge in [0.1, 0.15) is 6.17 Å². The van der Waals surface area contributed by atoms with Crippen molar-refractivity contribution in [3.63, 3.8) is 0 Å². The third kappa shape index (κ3) is 2.23. The number of rotatable bonds is 1. The van der Waals surface area contributed by atoms with E-state index in [1.807, 2.05) is 11.8 Å². The first-order valence-electron chi connectivity index (χ1n) is 5.47. The van der Waals surface area contributed by atoms with Gasteiger partial charge in [0.05, 0.1) is 0 Å². The van der Waals surface area contributed by atoms with Gasteiger partial charge in [-0.2, -0.15) is 11.8 Å². The second-order valence-corrected chi connectivity index (χ2v) is 5.39. The molecule has 0 aliphatic carbocycles. The predicted octanol–water partition coefficient (Wildman–Crippen LogP) is 1.12. The molecule has 0 aromatic carbocycles. The van der Waals surface area contributed by atoms with Gasteiger partial charge in [0.15, 0.2) is 0 Å². The summed E-state index contributed by atoms with van der Waals surface area (Å²) in [6, 6.07) is 0.724. The Morgan fingerprint density at radius 1 is 1.50 bits per heavy atom. The van der Waals surface area contributed by atoms with E-state index >= 15 is 0 Å². The second-order valence-electron chi connectivity index (χ2n) is 4.24. The maximum Gasteiger partial charge on any atom is 0.128 e. The third-order valence-electron chi connectivity index (χ3n) is 3.22. The Labute approximate surface area is 89.6 Å². The number of nitrogens with one attached hydrogen (secondary N) is 1. The summed E-state index contributed by atoms with van der Waals surface area (Å²) in [6.45, 7) is 4.81. The van der Waals surface area contributed by atoms with Gasteiger partial charge in [0, 0.05) is 36.7 Å². The van der Waals surface area contributed by atoms with Gasteiger partial charge in [-0.1, -0.05) is 0 Å². The number of halogens is 1. The predicted molar refractivity (Wildman–Crippen MR) is 59.7 cm³/mol. The summed E-state index contributed by atoms with van der Waals surface area (Å²) in [6.07, 6.45) is 0.296. The molecule has 4 heteroatoms. The van der Waals surface area contributed by atoms with Crippen molar-refractivity contribution in [2.45, 2.75) is 31.6 Å². The maximum atomic E-state index is 13.7. The molecule has 1 N–H and O–H groups in total. The lowest BCUT2D eigenvalue weighted by atomic mass is 10.0. The molecule has 2 saturated heterocycles. The fourth-order valence-corrected chi connectivity index (χ4v) is 3.45. The molecule has 0 bridgehead atoms. The molecular formula is C10H19FN2S. The molecule has 2 aliphatic heterocycles. The van der Waals surface area contributed by atoms with Crippen molar-refractivity contribution in [1.82, 2.24) is 10.2 Å². The van der Waals surface area contributed by atoms with E-state index in [1.54, 1.807) is 0 Å². The third-order valence-corrected chi connectivity index (χ3v) is 4.41. The van der Waals surface area contributed by atoms with Gasteiger partial charge in [-0.3, -0.25) is 4.90 Å². The molecule has 2 nitrogen and oxygen atoms in total. The Kier molecular flexibility index (Phi) is 3.68. The molecule has 82 valence electrons. The van der Waals surface area contributed by atoms with Gasteiger partial charge >= 0.3 is 0 Å². The van der Waals surface area contributed by atoms with Crippen LogP contribution in [0.5, 0.6) is 0 Å². The lowest BCUT2D eigenvalue weighted by Gasteiger charge is -2.42. The molecule has 14 heavy (non-hydrogen) atoms. The van der Waals surface area contributed by atoms with Crippen molar-refractivity contribution in [3.05, 3.63) is 0 Å². The molecular weight excluding hydrogens is 199 g/mol. The van der Waals surface area contributed by atoms with E-state index < -0.39 is 6.17 Å². The van der Waals surface area contributed by atoms with Crippen molar-refractivity contribution in [2.24, 2.45) is 0 Å². The monoisotopic (exact) mass is 218 g/mol. The number of hydrogen-bond donors (Lipinski definition) is 1. The molecule has 3 unspecified atom stereocenters. The van der Waals surface area contributed by atoms with Crippen LogP contribution in [0.3, 0.4) is 0 Å². The van der Waals surface area contributed by atoms with E-state index in [0.717, 1.165) is 25.3 Å². The van der Waals surface area contributed by atoms with E-state index in [0.29, 0.717) is 12.6 Å². The summed E-state index contributed by atoms with van der Waals surface area (Å²) in [5.41, 5.74) is 0. The highest BCUT2D eigenvalue weighted by Crippen LogP contribution is 2.23. The van der Waals surface area contributed by atoms with Gasteiger partial charge in [-0.05, 0) is 19.9 Å². The fourth-order valence-electron chi connectivity index (χ4n) is 2.41. The van der Waals surface area contributed by atoms with Crippen molar-refractivity contribution in [1.29, 1.82) is 0 Å². The highest BCUT2D eigenvalue weighted by Gasteiger charge is 2.33. The molecule has 0 spiro atoms. The summed E-state index contributed by atoms with van der Waals surface area (Å²) in [5, 5.41) is 3.11. The zero-order valence-electron chi connectivity index (χ0n) is 8.71. The van der Waals surface area contributed by atoms with Crippen LogP contribution in [0.4, 0.5) is 4.39 Å². The highest BCUT2D eigenvalue weighted by atomic mass is 32.2. The zero-order chi connectivity index (χ0) is 9.97. The molecule has 3 atom stereocenters. The molecule has 2 rings (SSSR count). The highest BCUT2D eigenvalue weighted by molar-refractivity contribution is 7.99. The smallest absolute Gasteiger partial charge is 0.128 e. The Bertz CT molecular complexity index is 171. The lowest BCUT2D eigenvalue weighted by molar-refractivity contribution is 0.0652. The van der Waals surface area contributed by atoms with Crippen LogP contribution in [0, 0.1) is 0 Å². The van der Waals surface area contributed by atoms with E-state index in [-0.39, 0.29) is 6.04 Å². The van der Waals surface area contributed by atoms with Crippen LogP contribution in [0.1, 0.15) is 13.3 Å². The molecule has 0 aromatic heterocycles. The standard InChI is InChI=1S/C10H19FN2S/c1-8-7-14-5-4-13(8)10-2-3-12-6-9(10)11/h8-10,12H,2-7H2,1H3. The average Bonchev–Trinajstić information content (AvgIpc) is 2.20. The number of nitrogens with zero attached hydrogens (tertiary/aromatic N) is 1. The summed E-state index contributed by atoms with van der Waals surface area (Å²) in [4.78, 5) is 2.38. The van der Waals surface area contributed by atoms with Crippen LogP contribution < -0.4 is 5.32 Å². The minimum Gasteiger partial charge on any atom is -0.314 e. The maximum absolute atomic E-state index is 13.7. The molecule has 2 heterocycles. The molecule has 2 aliphatic rings. The van der Waals surface area contributed by atoms with E-state index in [9.17, 15) is 4.39 Å². The summed E-state index contributed by atoms with van der Waals surface area (Å²) in [7, 11) is 0. The first kappa shape index (κ1) is 10.7. The SMILES string of the molecule is CC1CSCCN1C1CCNCC1F. The van der Waals surface area contributed by atoms with Gasteiger partial charge in [-0.25, -0.2) is 4.39 Å². The Morgan fingerprint density at radius 3 is 3.07 bits per heavy atom. The molecule has 0 radical (unpaired) electrons. The Morgan fingerprint density at radius 2 is 2.36 bits per heavy atom. The van der Waals surface area contributed by atoms with Crippen molar-refractivity contribution in [2.75, 3.05) is 31.1 Å². The zero-order valence-corrected chi connectivity index (χ0v) is 9.52. The van der Waals surface area contributed by atoms with Gasteiger partial charge in [0.2, 0.25) is 0 Å². The van der Waals surface area contributed by atoms with Crippen molar-refractivity contribution < 1.29 is 4.39 Å². The number of thioether (sulfide) groups is 1. The Balaban J connectivity index is 1.96. The molecule has 2 fully saturated rings. The fraction of sp³-hybridized carbons (Fsp3) is 1.00. The van der Waals surface area contributed by atoms with E-state index in [1.165, 1.54) is 5.75 Å². The van der Waals surface area contributed by atoms with Crippen LogP contribution in [-0.2, 0) is 0 Å². The summed E-state index contributed by atoms with van der Waals surface area (Å²) >= 11 is 1.99. The van der Waals surface area contributed by atoms with E-state index in [4.69, 9.17) is 0 Å². The second kappa shape index (κ2) is 4.81. The molecule has 0 saturated carbocycles. The topological polar surface area (TPSA) is 15.3 Å².